The lowest BCUT2D eigenvalue weighted by Gasteiger charge is -2.30. The lowest BCUT2D eigenvalue weighted by atomic mass is 10.1. The fourth-order valence-corrected chi connectivity index (χ4v) is 1.44. The second kappa shape index (κ2) is 2.74. The van der Waals surface area contributed by atoms with Crippen LogP contribution in [0.25, 0.3) is 0 Å². The van der Waals surface area contributed by atoms with E-state index in [9.17, 15) is 0 Å². The van der Waals surface area contributed by atoms with Crippen molar-refractivity contribution in [1.29, 1.82) is 0 Å². The summed E-state index contributed by atoms with van der Waals surface area (Å²) in [6.45, 7) is 0. The van der Waals surface area contributed by atoms with Crippen LogP contribution in [0.5, 0.6) is 0 Å². The lowest BCUT2D eigenvalue weighted by molar-refractivity contribution is 0.681. The molecule has 0 radical (unpaired) electrons. The van der Waals surface area contributed by atoms with Crippen LogP contribution in [0.3, 0.4) is 0 Å². The summed E-state index contributed by atoms with van der Waals surface area (Å²) in [5.74, 6) is 0.515. The number of para-hydroxylation sites is 1. The SMILES string of the molecule is CN1c2ccccc2C(N)=NC1N. The Labute approximate surface area is 76.9 Å². The summed E-state index contributed by atoms with van der Waals surface area (Å²) in [5.41, 5.74) is 13.5. The van der Waals surface area contributed by atoms with Crippen molar-refractivity contribution >= 4 is 11.5 Å². The molecule has 0 saturated carbocycles. The molecule has 68 valence electrons. The highest BCUT2D eigenvalue weighted by Gasteiger charge is 2.19. The van der Waals surface area contributed by atoms with Crippen LogP contribution < -0.4 is 16.4 Å². The molecule has 1 aromatic rings. The maximum Gasteiger partial charge on any atom is 0.175 e. The third kappa shape index (κ3) is 1.15. The molecule has 1 aromatic carbocycles. The molecule has 0 spiro atoms. The first-order valence-electron chi connectivity index (χ1n) is 4.11. The molecule has 13 heavy (non-hydrogen) atoms. The van der Waals surface area contributed by atoms with Gasteiger partial charge in [0.2, 0.25) is 0 Å². The molecule has 4 heteroatoms. The maximum atomic E-state index is 5.74. The quantitative estimate of drug-likeness (QED) is 0.588. The maximum absolute atomic E-state index is 5.74. The van der Waals surface area contributed by atoms with Crippen LogP contribution in [-0.2, 0) is 0 Å². The van der Waals surface area contributed by atoms with E-state index in [1.165, 1.54) is 0 Å². The first-order valence-corrected chi connectivity index (χ1v) is 4.11. The van der Waals surface area contributed by atoms with Crippen molar-refractivity contribution in [3.05, 3.63) is 29.8 Å². The predicted molar refractivity (Wildman–Crippen MR) is 53.5 cm³/mol. The van der Waals surface area contributed by atoms with Gasteiger partial charge in [-0.15, -0.1) is 0 Å². The largest absolute Gasteiger partial charge is 0.383 e. The van der Waals surface area contributed by atoms with Crippen LogP contribution in [0.2, 0.25) is 0 Å². The minimum Gasteiger partial charge on any atom is -0.383 e. The van der Waals surface area contributed by atoms with Gasteiger partial charge in [0, 0.05) is 12.6 Å². The molecular weight excluding hydrogens is 164 g/mol. The molecule has 0 amide bonds. The van der Waals surface area contributed by atoms with Gasteiger partial charge >= 0.3 is 0 Å². The summed E-state index contributed by atoms with van der Waals surface area (Å²) >= 11 is 0. The molecule has 0 bridgehead atoms. The molecule has 1 unspecified atom stereocenters. The highest BCUT2D eigenvalue weighted by molar-refractivity contribution is 6.03. The third-order valence-electron chi connectivity index (χ3n) is 2.23. The molecule has 1 aliphatic heterocycles. The molecule has 4 N–H and O–H groups in total. The van der Waals surface area contributed by atoms with E-state index < -0.39 is 0 Å². The highest BCUT2D eigenvalue weighted by Crippen LogP contribution is 2.23. The second-order valence-electron chi connectivity index (χ2n) is 3.06. The van der Waals surface area contributed by atoms with E-state index in [-0.39, 0.29) is 6.29 Å². The Balaban J connectivity index is 2.58. The number of amidine groups is 1. The lowest BCUT2D eigenvalue weighted by Crippen LogP contribution is -2.43. The molecule has 0 aliphatic carbocycles. The van der Waals surface area contributed by atoms with E-state index in [4.69, 9.17) is 11.5 Å². The number of rotatable bonds is 0. The normalized spacial score (nSPS) is 20.9. The van der Waals surface area contributed by atoms with Crippen molar-refractivity contribution in [1.82, 2.24) is 0 Å². The Bertz CT molecular complexity index is 358. The fourth-order valence-electron chi connectivity index (χ4n) is 1.44. The minimum atomic E-state index is -0.366. The fraction of sp³-hybridized carbons (Fsp3) is 0.222. The zero-order valence-corrected chi connectivity index (χ0v) is 7.44. The monoisotopic (exact) mass is 176 g/mol. The van der Waals surface area contributed by atoms with Crippen molar-refractivity contribution in [2.75, 3.05) is 11.9 Å². The van der Waals surface area contributed by atoms with Crippen molar-refractivity contribution < 1.29 is 0 Å². The van der Waals surface area contributed by atoms with Gasteiger partial charge in [-0.3, -0.25) is 5.73 Å². The van der Waals surface area contributed by atoms with Crippen LogP contribution in [0.15, 0.2) is 29.3 Å². The number of benzene rings is 1. The Kier molecular flexibility index (Phi) is 1.70. The summed E-state index contributed by atoms with van der Waals surface area (Å²) in [7, 11) is 1.90. The van der Waals surface area contributed by atoms with Gasteiger partial charge in [0.05, 0.1) is 5.69 Å². The molecule has 0 saturated heterocycles. The van der Waals surface area contributed by atoms with Gasteiger partial charge in [0.15, 0.2) is 6.29 Å². The van der Waals surface area contributed by atoms with Crippen LogP contribution in [0.1, 0.15) is 5.56 Å². The summed E-state index contributed by atoms with van der Waals surface area (Å²) in [4.78, 5) is 6.00. The van der Waals surface area contributed by atoms with Crippen LogP contribution in [-0.4, -0.2) is 19.2 Å². The first-order chi connectivity index (χ1) is 6.20. The number of anilines is 1. The molecule has 0 aromatic heterocycles. The minimum absolute atomic E-state index is 0.366. The van der Waals surface area contributed by atoms with E-state index in [2.05, 4.69) is 4.99 Å². The van der Waals surface area contributed by atoms with Gasteiger partial charge < -0.3 is 10.6 Å². The topological polar surface area (TPSA) is 67.6 Å². The standard InChI is InChI=1S/C9H12N4/c1-13-7-5-3-2-4-6(7)8(10)12-9(13)11/h2-5,9H,11H2,1H3,(H2,10,12). The average molecular weight is 176 g/mol. The van der Waals surface area contributed by atoms with Crippen LogP contribution >= 0.6 is 0 Å². The van der Waals surface area contributed by atoms with Crippen molar-refractivity contribution in [3.63, 3.8) is 0 Å². The van der Waals surface area contributed by atoms with Gasteiger partial charge in [-0.1, -0.05) is 12.1 Å². The highest BCUT2D eigenvalue weighted by atomic mass is 15.3. The van der Waals surface area contributed by atoms with Crippen molar-refractivity contribution in [3.8, 4) is 0 Å². The molecule has 1 atom stereocenters. The van der Waals surface area contributed by atoms with E-state index >= 15 is 0 Å². The molecule has 1 aliphatic rings. The smallest absolute Gasteiger partial charge is 0.175 e. The van der Waals surface area contributed by atoms with Gasteiger partial charge in [0.25, 0.3) is 0 Å². The van der Waals surface area contributed by atoms with Crippen molar-refractivity contribution in [2.45, 2.75) is 6.29 Å². The van der Waals surface area contributed by atoms with E-state index in [1.54, 1.807) is 0 Å². The predicted octanol–water partition coefficient (Wildman–Crippen LogP) is 0.0840. The zero-order chi connectivity index (χ0) is 9.42. The van der Waals surface area contributed by atoms with Gasteiger partial charge in [-0.05, 0) is 12.1 Å². The molecule has 1 heterocycles. The Morgan fingerprint density at radius 2 is 2.08 bits per heavy atom. The average Bonchev–Trinajstić information content (AvgIpc) is 2.15. The third-order valence-corrected chi connectivity index (χ3v) is 2.23. The van der Waals surface area contributed by atoms with E-state index in [1.807, 2.05) is 36.2 Å². The number of fused-ring (bicyclic) bond motifs is 1. The Morgan fingerprint density at radius 1 is 1.38 bits per heavy atom. The zero-order valence-electron chi connectivity index (χ0n) is 7.44. The second-order valence-corrected chi connectivity index (χ2v) is 3.06. The van der Waals surface area contributed by atoms with E-state index in [0.717, 1.165) is 11.3 Å². The number of hydrogen-bond acceptors (Lipinski definition) is 4. The summed E-state index contributed by atoms with van der Waals surface area (Å²) < 4.78 is 0. The number of aliphatic imine (C=N–C) groups is 1. The molecular formula is C9H12N4. The molecule has 2 rings (SSSR count). The number of nitrogens with zero attached hydrogens (tertiary/aromatic N) is 2. The Hall–Kier alpha value is -1.55. The van der Waals surface area contributed by atoms with Gasteiger partial charge in [-0.25, -0.2) is 4.99 Å². The first kappa shape index (κ1) is 8.07. The van der Waals surface area contributed by atoms with E-state index in [0.29, 0.717) is 5.84 Å². The van der Waals surface area contributed by atoms with Gasteiger partial charge in [0.1, 0.15) is 5.84 Å². The van der Waals surface area contributed by atoms with Gasteiger partial charge in [-0.2, -0.15) is 0 Å². The van der Waals surface area contributed by atoms with Crippen LogP contribution in [0.4, 0.5) is 5.69 Å². The van der Waals surface area contributed by atoms with Crippen LogP contribution in [0, 0.1) is 0 Å². The summed E-state index contributed by atoms with van der Waals surface area (Å²) in [6, 6.07) is 7.82. The van der Waals surface area contributed by atoms with Crippen molar-refractivity contribution in [2.24, 2.45) is 16.5 Å². The number of nitrogens with two attached hydrogens (primary N) is 2. The summed E-state index contributed by atoms with van der Waals surface area (Å²) in [5, 5.41) is 0. The molecule has 4 nitrogen and oxygen atoms in total. The summed E-state index contributed by atoms with van der Waals surface area (Å²) in [6.07, 6.45) is -0.366. The number of hydrogen-bond donors (Lipinski definition) is 2. The molecule has 0 fully saturated rings. The Morgan fingerprint density at radius 3 is 2.85 bits per heavy atom.